The van der Waals surface area contributed by atoms with E-state index in [0.717, 1.165) is 12.8 Å². The fraction of sp³-hybridized carbons (Fsp3) is 0.600. The number of halogens is 1. The molecule has 1 amide bonds. The van der Waals surface area contributed by atoms with Crippen molar-refractivity contribution in [2.75, 3.05) is 18.4 Å². The van der Waals surface area contributed by atoms with E-state index < -0.39 is 5.82 Å². The van der Waals surface area contributed by atoms with Gasteiger partial charge in [-0.05, 0) is 37.2 Å². The maximum Gasteiger partial charge on any atom is 0.254 e. The minimum atomic E-state index is -0.582. The number of hydrogen-bond donors (Lipinski definition) is 2. The first-order valence-electron chi connectivity index (χ1n) is 7.17. The van der Waals surface area contributed by atoms with Crippen LogP contribution in [-0.4, -0.2) is 24.0 Å². The summed E-state index contributed by atoms with van der Waals surface area (Å²) in [6, 6.07) is 1.42. The number of rotatable bonds is 6. The van der Waals surface area contributed by atoms with E-state index in [2.05, 4.69) is 29.5 Å². The number of anilines is 1. The summed E-state index contributed by atoms with van der Waals surface area (Å²) in [7, 11) is 0. The van der Waals surface area contributed by atoms with Crippen molar-refractivity contribution >= 4 is 11.7 Å². The maximum atomic E-state index is 14.1. The zero-order chi connectivity index (χ0) is 14.8. The molecule has 1 fully saturated rings. The van der Waals surface area contributed by atoms with E-state index in [1.807, 2.05) is 6.92 Å². The van der Waals surface area contributed by atoms with Crippen LogP contribution >= 0.6 is 0 Å². The molecule has 0 aliphatic heterocycles. The lowest BCUT2D eigenvalue weighted by molar-refractivity contribution is 0.0935. The lowest BCUT2D eigenvalue weighted by Crippen LogP contribution is -2.33. The van der Waals surface area contributed by atoms with Crippen molar-refractivity contribution in [1.29, 1.82) is 0 Å². The first kappa shape index (κ1) is 14.8. The molecule has 1 aromatic rings. The molecule has 1 saturated carbocycles. The minimum absolute atomic E-state index is 0.0514. The Hall–Kier alpha value is -1.65. The van der Waals surface area contributed by atoms with E-state index in [4.69, 9.17) is 0 Å². The number of nitrogens with one attached hydrogen (secondary N) is 2. The highest BCUT2D eigenvalue weighted by atomic mass is 19.1. The van der Waals surface area contributed by atoms with Crippen molar-refractivity contribution in [2.24, 2.45) is 11.3 Å². The molecule has 0 radical (unpaired) electrons. The Labute approximate surface area is 119 Å². The molecule has 0 saturated heterocycles. The number of carbonyl (C=O) groups is 1. The van der Waals surface area contributed by atoms with Gasteiger partial charge in [-0.15, -0.1) is 0 Å². The molecule has 0 bridgehead atoms. The van der Waals surface area contributed by atoms with E-state index >= 15 is 0 Å². The lowest BCUT2D eigenvalue weighted by Gasteiger charge is -2.20. The molecule has 1 aliphatic carbocycles. The Morgan fingerprint density at radius 1 is 1.50 bits per heavy atom. The smallest absolute Gasteiger partial charge is 0.254 e. The molecule has 2 rings (SSSR count). The molecule has 5 heteroatoms. The second-order valence-corrected chi connectivity index (χ2v) is 5.75. The highest BCUT2D eigenvalue weighted by Gasteiger charge is 2.45. The number of amides is 1. The third kappa shape index (κ3) is 2.92. The van der Waals surface area contributed by atoms with Crippen LogP contribution in [0.2, 0.25) is 0 Å². The average Bonchev–Trinajstić information content (AvgIpc) is 3.20. The summed E-state index contributed by atoms with van der Waals surface area (Å²) in [6.45, 7) is 7.35. The molecule has 0 aromatic carbocycles. The summed E-state index contributed by atoms with van der Waals surface area (Å²) in [6.07, 6.45) is 3.71. The topological polar surface area (TPSA) is 54.0 Å². The maximum absolute atomic E-state index is 14.1. The van der Waals surface area contributed by atoms with Gasteiger partial charge in [-0.25, -0.2) is 9.37 Å². The van der Waals surface area contributed by atoms with E-state index in [1.54, 1.807) is 0 Å². The van der Waals surface area contributed by atoms with Crippen molar-refractivity contribution in [1.82, 2.24) is 10.3 Å². The zero-order valence-corrected chi connectivity index (χ0v) is 12.3. The van der Waals surface area contributed by atoms with Gasteiger partial charge in [0.25, 0.3) is 5.91 Å². The van der Waals surface area contributed by atoms with Gasteiger partial charge in [0.05, 0.1) is 5.56 Å². The number of nitrogens with zero attached hydrogens (tertiary/aromatic N) is 1. The summed E-state index contributed by atoms with van der Waals surface area (Å²) in [4.78, 5) is 16.0. The van der Waals surface area contributed by atoms with Gasteiger partial charge < -0.3 is 10.6 Å². The van der Waals surface area contributed by atoms with Crippen LogP contribution in [0.15, 0.2) is 12.3 Å². The van der Waals surface area contributed by atoms with Gasteiger partial charge in [0.15, 0.2) is 11.6 Å². The average molecular weight is 279 g/mol. The Bertz CT molecular complexity index is 498. The van der Waals surface area contributed by atoms with Crippen LogP contribution in [-0.2, 0) is 0 Å². The molecule has 0 spiro atoms. The number of carbonyl (C=O) groups excluding carboxylic acids is 1. The van der Waals surface area contributed by atoms with E-state index in [-0.39, 0.29) is 22.7 Å². The Morgan fingerprint density at radius 3 is 2.75 bits per heavy atom. The second kappa shape index (κ2) is 5.77. The predicted octanol–water partition coefficient (Wildman–Crippen LogP) is 2.82. The Balaban J connectivity index is 2.04. The van der Waals surface area contributed by atoms with Gasteiger partial charge in [0, 0.05) is 19.3 Å². The SMILES string of the molecule is CCNc1nccc(C(=O)NCC2(C(C)C)CC2)c1F. The quantitative estimate of drug-likeness (QED) is 0.842. The summed E-state index contributed by atoms with van der Waals surface area (Å²) in [5.41, 5.74) is 0.263. The molecule has 1 heterocycles. The zero-order valence-electron chi connectivity index (χ0n) is 12.3. The van der Waals surface area contributed by atoms with Crippen LogP contribution in [0.5, 0.6) is 0 Å². The van der Waals surface area contributed by atoms with Gasteiger partial charge in [-0.1, -0.05) is 13.8 Å². The highest BCUT2D eigenvalue weighted by molar-refractivity contribution is 5.95. The standard InChI is InChI=1S/C15H22FN3O/c1-4-17-13-12(16)11(5-8-18-13)14(20)19-9-15(6-7-15)10(2)3/h5,8,10H,4,6-7,9H2,1-3H3,(H,17,18)(H,19,20). The van der Waals surface area contributed by atoms with Crippen LogP contribution in [0.1, 0.15) is 44.0 Å². The molecule has 1 aliphatic rings. The number of hydrogen-bond acceptors (Lipinski definition) is 3. The molecule has 4 nitrogen and oxygen atoms in total. The summed E-state index contributed by atoms with van der Waals surface area (Å²) in [5.74, 6) is -0.287. The van der Waals surface area contributed by atoms with Crippen LogP contribution in [0.3, 0.4) is 0 Å². The van der Waals surface area contributed by atoms with E-state index in [0.29, 0.717) is 19.0 Å². The third-order valence-corrected chi connectivity index (χ3v) is 4.20. The normalized spacial score (nSPS) is 16.1. The first-order chi connectivity index (χ1) is 9.50. The van der Waals surface area contributed by atoms with E-state index in [1.165, 1.54) is 12.3 Å². The van der Waals surface area contributed by atoms with Crippen molar-refractivity contribution < 1.29 is 9.18 Å². The molecule has 110 valence electrons. The third-order valence-electron chi connectivity index (χ3n) is 4.20. The molecule has 1 aromatic heterocycles. The largest absolute Gasteiger partial charge is 0.368 e. The highest BCUT2D eigenvalue weighted by Crippen LogP contribution is 2.51. The van der Waals surface area contributed by atoms with Crippen molar-refractivity contribution in [3.63, 3.8) is 0 Å². The Kier molecular flexibility index (Phi) is 4.26. The van der Waals surface area contributed by atoms with Crippen LogP contribution in [0, 0.1) is 17.2 Å². The minimum Gasteiger partial charge on any atom is -0.368 e. The Morgan fingerprint density at radius 2 is 2.20 bits per heavy atom. The summed E-state index contributed by atoms with van der Waals surface area (Å²) >= 11 is 0. The molecule has 20 heavy (non-hydrogen) atoms. The molecule has 0 unspecified atom stereocenters. The molecule has 0 atom stereocenters. The van der Waals surface area contributed by atoms with Gasteiger partial charge >= 0.3 is 0 Å². The fourth-order valence-corrected chi connectivity index (χ4v) is 2.38. The second-order valence-electron chi connectivity index (χ2n) is 5.75. The van der Waals surface area contributed by atoms with Crippen LogP contribution in [0.4, 0.5) is 10.2 Å². The van der Waals surface area contributed by atoms with Gasteiger partial charge in [0.1, 0.15) is 0 Å². The van der Waals surface area contributed by atoms with Crippen LogP contribution < -0.4 is 10.6 Å². The molecular formula is C15H22FN3O. The first-order valence-corrected chi connectivity index (χ1v) is 7.17. The molecule has 2 N–H and O–H groups in total. The van der Waals surface area contributed by atoms with Gasteiger partial charge in [-0.3, -0.25) is 4.79 Å². The van der Waals surface area contributed by atoms with Gasteiger partial charge in [-0.2, -0.15) is 0 Å². The van der Waals surface area contributed by atoms with Crippen molar-refractivity contribution in [3.05, 3.63) is 23.6 Å². The van der Waals surface area contributed by atoms with Gasteiger partial charge in [0.2, 0.25) is 0 Å². The number of pyridine rings is 1. The van der Waals surface area contributed by atoms with Crippen molar-refractivity contribution in [2.45, 2.75) is 33.6 Å². The molecular weight excluding hydrogens is 257 g/mol. The summed E-state index contributed by atoms with van der Waals surface area (Å²) in [5, 5.41) is 5.67. The van der Waals surface area contributed by atoms with E-state index in [9.17, 15) is 9.18 Å². The lowest BCUT2D eigenvalue weighted by atomic mass is 9.92. The fourth-order valence-electron chi connectivity index (χ4n) is 2.38. The van der Waals surface area contributed by atoms with Crippen LogP contribution in [0.25, 0.3) is 0 Å². The number of aromatic nitrogens is 1. The predicted molar refractivity (Wildman–Crippen MR) is 77.2 cm³/mol. The summed E-state index contributed by atoms with van der Waals surface area (Å²) < 4.78 is 14.1. The monoisotopic (exact) mass is 279 g/mol. The van der Waals surface area contributed by atoms with Crippen molar-refractivity contribution in [3.8, 4) is 0 Å².